The smallest absolute Gasteiger partial charge is 0.434 e. The van der Waals surface area contributed by atoms with Crippen LogP contribution in [0.1, 0.15) is 11.3 Å². The van der Waals surface area contributed by atoms with Gasteiger partial charge in [0.25, 0.3) is 11.5 Å². The number of fused-ring (bicyclic) bond motifs is 1. The van der Waals surface area contributed by atoms with Gasteiger partial charge in [-0.25, -0.2) is 5.10 Å². The lowest BCUT2D eigenvalue weighted by atomic mass is 10.2. The number of pyridine rings is 1. The lowest BCUT2D eigenvalue weighted by Crippen LogP contribution is -2.49. The van der Waals surface area contributed by atoms with Crippen molar-refractivity contribution in [2.24, 2.45) is 0 Å². The maximum atomic E-state index is 13.6. The summed E-state index contributed by atoms with van der Waals surface area (Å²) in [6.07, 6.45) is -3.50. The number of halogens is 4. The van der Waals surface area contributed by atoms with Crippen LogP contribution in [0.3, 0.4) is 0 Å². The summed E-state index contributed by atoms with van der Waals surface area (Å²) in [6.45, 7) is -0.776. The highest BCUT2D eigenvalue weighted by atomic mass is 35.5. The Bertz CT molecular complexity index is 1400. The first-order valence-electron chi connectivity index (χ1n) is 9.23. The molecule has 2 aromatic heterocycles. The highest BCUT2D eigenvalue weighted by molar-refractivity contribution is 6.30. The van der Waals surface area contributed by atoms with Crippen molar-refractivity contribution in [2.45, 2.75) is 12.7 Å². The van der Waals surface area contributed by atoms with E-state index in [1.807, 2.05) is 0 Å². The standard InChI is InChI=1S/C20H12ClF3N6O3/c21-11-4-10(7-25)5-12(6-11)33-16-17(20(22,23)24)27-9-30(19(16)32)8-14-15-13(2-1-3-26-15)18(31)29-28-14/h1-6,27H,8-9H2,(H,29,31). The molecular weight excluding hydrogens is 465 g/mol. The van der Waals surface area contributed by atoms with E-state index in [0.29, 0.717) is 0 Å². The van der Waals surface area contributed by atoms with Crippen molar-refractivity contribution in [3.63, 3.8) is 0 Å². The first-order chi connectivity index (χ1) is 15.7. The first kappa shape index (κ1) is 22.1. The van der Waals surface area contributed by atoms with Crippen LogP contribution in [0.4, 0.5) is 13.2 Å². The van der Waals surface area contributed by atoms with E-state index in [9.17, 15) is 22.8 Å². The minimum atomic E-state index is -4.92. The van der Waals surface area contributed by atoms with Crippen molar-refractivity contribution >= 4 is 28.4 Å². The quantitative estimate of drug-likeness (QED) is 0.593. The molecule has 0 fully saturated rings. The second-order valence-corrected chi connectivity index (χ2v) is 7.26. The fourth-order valence-corrected chi connectivity index (χ4v) is 3.40. The summed E-state index contributed by atoms with van der Waals surface area (Å²) in [4.78, 5) is 30.1. The van der Waals surface area contributed by atoms with Crippen LogP contribution in [0, 0.1) is 11.3 Å². The van der Waals surface area contributed by atoms with Crippen LogP contribution in [0.5, 0.6) is 5.75 Å². The number of allylic oxidation sites excluding steroid dienone is 1. The van der Waals surface area contributed by atoms with E-state index in [4.69, 9.17) is 21.6 Å². The number of hydrogen-bond acceptors (Lipinski definition) is 7. The van der Waals surface area contributed by atoms with Gasteiger partial charge in [0.15, 0.2) is 5.70 Å². The third kappa shape index (κ3) is 4.44. The molecular formula is C20H12ClF3N6O3. The number of hydrogen-bond donors (Lipinski definition) is 2. The molecule has 3 heterocycles. The molecule has 0 aliphatic carbocycles. The molecule has 1 aromatic carbocycles. The maximum Gasteiger partial charge on any atom is 0.434 e. The van der Waals surface area contributed by atoms with Gasteiger partial charge < -0.3 is 15.0 Å². The van der Waals surface area contributed by atoms with Crippen LogP contribution in [0.25, 0.3) is 10.9 Å². The number of amides is 1. The summed E-state index contributed by atoms with van der Waals surface area (Å²) < 4.78 is 46.0. The highest BCUT2D eigenvalue weighted by Crippen LogP contribution is 2.32. The van der Waals surface area contributed by atoms with Crippen LogP contribution < -0.4 is 15.6 Å². The lowest BCUT2D eigenvalue weighted by Gasteiger charge is -2.31. The van der Waals surface area contributed by atoms with Gasteiger partial charge in [0.05, 0.1) is 30.2 Å². The van der Waals surface area contributed by atoms with E-state index in [1.165, 1.54) is 24.4 Å². The van der Waals surface area contributed by atoms with Gasteiger partial charge in [-0.05, 0) is 30.3 Å². The average Bonchev–Trinajstić information content (AvgIpc) is 2.77. The maximum absolute atomic E-state index is 13.6. The summed E-state index contributed by atoms with van der Waals surface area (Å²) in [7, 11) is 0. The largest absolute Gasteiger partial charge is 0.449 e. The first-order valence-corrected chi connectivity index (χ1v) is 9.60. The molecule has 33 heavy (non-hydrogen) atoms. The summed E-state index contributed by atoms with van der Waals surface area (Å²) in [5.74, 6) is -2.33. The molecule has 1 amide bonds. The second-order valence-electron chi connectivity index (χ2n) is 6.83. The molecule has 0 bridgehead atoms. The van der Waals surface area contributed by atoms with Crippen molar-refractivity contribution in [3.8, 4) is 11.8 Å². The van der Waals surface area contributed by atoms with Crippen LogP contribution in [-0.2, 0) is 11.3 Å². The number of nitrogens with one attached hydrogen (secondary N) is 2. The topological polar surface area (TPSA) is 124 Å². The normalized spacial score (nSPS) is 14.3. The Balaban J connectivity index is 1.71. The van der Waals surface area contributed by atoms with Crippen molar-refractivity contribution in [3.05, 3.63) is 74.6 Å². The Labute approximate surface area is 188 Å². The van der Waals surface area contributed by atoms with Crippen molar-refractivity contribution in [2.75, 3.05) is 6.67 Å². The molecule has 4 rings (SSSR count). The number of benzene rings is 1. The molecule has 1 aliphatic heterocycles. The van der Waals surface area contributed by atoms with Gasteiger partial charge in [-0.15, -0.1) is 0 Å². The van der Waals surface area contributed by atoms with E-state index >= 15 is 0 Å². The summed E-state index contributed by atoms with van der Waals surface area (Å²) in [5.41, 5.74) is -1.46. The molecule has 168 valence electrons. The molecule has 0 unspecified atom stereocenters. The molecule has 0 saturated heterocycles. The van der Waals surface area contributed by atoms with E-state index in [0.717, 1.165) is 11.0 Å². The van der Waals surface area contributed by atoms with Gasteiger partial charge in [-0.2, -0.15) is 23.5 Å². The number of carbonyl (C=O) groups is 1. The zero-order valence-corrected chi connectivity index (χ0v) is 17.2. The zero-order chi connectivity index (χ0) is 23.8. The Morgan fingerprint density at radius 1 is 1.27 bits per heavy atom. The lowest BCUT2D eigenvalue weighted by molar-refractivity contribution is -0.137. The van der Waals surface area contributed by atoms with Crippen molar-refractivity contribution in [1.82, 2.24) is 25.4 Å². The third-order valence-corrected chi connectivity index (χ3v) is 4.84. The third-order valence-electron chi connectivity index (χ3n) is 4.62. The number of carbonyl (C=O) groups excluding carboxylic acids is 1. The van der Waals surface area contributed by atoms with Crippen LogP contribution in [0.15, 0.2) is 52.8 Å². The summed E-state index contributed by atoms with van der Waals surface area (Å²) in [6, 6.07) is 8.47. The van der Waals surface area contributed by atoms with Gasteiger partial charge in [-0.1, -0.05) is 11.6 Å². The zero-order valence-electron chi connectivity index (χ0n) is 16.4. The monoisotopic (exact) mass is 476 g/mol. The Morgan fingerprint density at radius 2 is 2.06 bits per heavy atom. The minimum absolute atomic E-state index is 0.0368. The average molecular weight is 477 g/mol. The Hall–Kier alpha value is -4.11. The predicted octanol–water partition coefficient (Wildman–Crippen LogP) is 2.59. The number of ether oxygens (including phenoxy) is 1. The predicted molar refractivity (Wildman–Crippen MR) is 109 cm³/mol. The SMILES string of the molecule is N#Cc1cc(Cl)cc(OC2=C(C(F)(F)F)NCN(Cc3n[nH]c(=O)c4cccnc34)C2=O)c1. The molecule has 9 nitrogen and oxygen atoms in total. The molecule has 0 spiro atoms. The Morgan fingerprint density at radius 3 is 2.79 bits per heavy atom. The number of aromatic amines is 1. The van der Waals surface area contributed by atoms with Crippen molar-refractivity contribution < 1.29 is 22.7 Å². The number of rotatable bonds is 4. The second kappa shape index (κ2) is 8.44. The fraction of sp³-hybridized carbons (Fsp3) is 0.150. The number of aromatic nitrogens is 3. The molecule has 0 atom stereocenters. The molecule has 0 saturated carbocycles. The van der Waals surface area contributed by atoms with E-state index in [-0.39, 0.29) is 39.5 Å². The van der Waals surface area contributed by atoms with E-state index in [2.05, 4.69) is 20.5 Å². The van der Waals surface area contributed by atoms with Crippen LogP contribution in [0.2, 0.25) is 5.02 Å². The minimum Gasteiger partial charge on any atom is -0.449 e. The van der Waals surface area contributed by atoms with Gasteiger partial charge in [-0.3, -0.25) is 14.6 Å². The van der Waals surface area contributed by atoms with Gasteiger partial charge in [0, 0.05) is 11.2 Å². The number of alkyl halides is 3. The van der Waals surface area contributed by atoms with Crippen LogP contribution >= 0.6 is 11.6 Å². The van der Waals surface area contributed by atoms with Crippen LogP contribution in [-0.4, -0.2) is 38.8 Å². The number of nitriles is 1. The molecule has 1 aliphatic rings. The number of H-pyrrole nitrogens is 1. The van der Waals surface area contributed by atoms with Crippen molar-refractivity contribution in [1.29, 1.82) is 5.26 Å². The van der Waals surface area contributed by atoms with E-state index in [1.54, 1.807) is 12.1 Å². The Kier molecular flexibility index (Phi) is 5.65. The van der Waals surface area contributed by atoms with E-state index < -0.39 is 35.8 Å². The highest BCUT2D eigenvalue weighted by Gasteiger charge is 2.44. The molecule has 2 N–H and O–H groups in total. The number of nitrogens with zero attached hydrogens (tertiary/aromatic N) is 4. The van der Waals surface area contributed by atoms with Gasteiger partial charge in [0.2, 0.25) is 5.76 Å². The summed E-state index contributed by atoms with van der Waals surface area (Å²) in [5, 5.41) is 17.6. The van der Waals surface area contributed by atoms with Gasteiger partial charge >= 0.3 is 6.18 Å². The fourth-order valence-electron chi connectivity index (χ4n) is 3.17. The molecule has 3 aromatic rings. The van der Waals surface area contributed by atoms with Gasteiger partial charge in [0.1, 0.15) is 17.0 Å². The molecule has 0 radical (unpaired) electrons. The molecule has 13 heteroatoms. The summed E-state index contributed by atoms with van der Waals surface area (Å²) >= 11 is 5.89.